The molecule has 1 aromatic heterocycles. The van der Waals surface area contributed by atoms with Gasteiger partial charge in [0.1, 0.15) is 9.84 Å². The molecule has 1 N–H and O–H groups in total. The molecule has 1 amide bonds. The van der Waals surface area contributed by atoms with Crippen LogP contribution in [0, 0.1) is 0 Å². The van der Waals surface area contributed by atoms with E-state index in [-0.39, 0.29) is 18.1 Å². The summed E-state index contributed by atoms with van der Waals surface area (Å²) >= 11 is 0. The number of nitrogens with zero attached hydrogens (tertiary/aromatic N) is 2. The molecule has 0 unspecified atom stereocenters. The van der Waals surface area contributed by atoms with Gasteiger partial charge in [0.25, 0.3) is 0 Å². The molecule has 1 fully saturated rings. The average Bonchev–Trinajstić information content (AvgIpc) is 3.10. The molecule has 7 heteroatoms. The van der Waals surface area contributed by atoms with Crippen molar-refractivity contribution in [3.05, 3.63) is 24.3 Å². The number of benzene rings is 1. The lowest BCUT2D eigenvalue weighted by Gasteiger charge is -2.16. The Kier molecular flexibility index (Phi) is 4.39. The van der Waals surface area contributed by atoms with Crippen LogP contribution in [0.2, 0.25) is 0 Å². The van der Waals surface area contributed by atoms with Gasteiger partial charge < -0.3 is 4.57 Å². The summed E-state index contributed by atoms with van der Waals surface area (Å²) in [5.41, 5.74) is 1.86. The number of anilines is 1. The number of imidazole rings is 1. The van der Waals surface area contributed by atoms with Crippen LogP contribution in [0.4, 0.5) is 5.95 Å². The first-order valence-electron chi connectivity index (χ1n) is 7.88. The summed E-state index contributed by atoms with van der Waals surface area (Å²) in [7, 11) is -3.15. The summed E-state index contributed by atoms with van der Waals surface area (Å²) in [6, 6.07) is 8.15. The van der Waals surface area contributed by atoms with Gasteiger partial charge in [0.2, 0.25) is 11.9 Å². The molecule has 0 saturated heterocycles. The molecule has 0 spiro atoms. The Morgan fingerprint density at radius 3 is 2.70 bits per heavy atom. The second-order valence-corrected chi connectivity index (χ2v) is 8.42. The van der Waals surface area contributed by atoms with Crippen molar-refractivity contribution < 1.29 is 13.2 Å². The van der Waals surface area contributed by atoms with Gasteiger partial charge in [-0.3, -0.25) is 10.1 Å². The van der Waals surface area contributed by atoms with E-state index in [1.54, 1.807) is 0 Å². The number of hydrogen-bond donors (Lipinski definition) is 1. The average molecular weight is 335 g/mol. The van der Waals surface area contributed by atoms with Crippen molar-refractivity contribution in [2.45, 2.75) is 38.1 Å². The number of nitrogens with one attached hydrogen (secondary N) is 1. The number of para-hydroxylation sites is 2. The van der Waals surface area contributed by atoms with E-state index in [0.717, 1.165) is 30.1 Å². The van der Waals surface area contributed by atoms with E-state index in [9.17, 15) is 13.2 Å². The normalized spacial score (nSPS) is 16.0. The number of fused-ring (bicyclic) bond motifs is 1. The highest BCUT2D eigenvalue weighted by molar-refractivity contribution is 7.90. The van der Waals surface area contributed by atoms with Crippen LogP contribution in [0.15, 0.2) is 24.3 Å². The van der Waals surface area contributed by atoms with Crippen molar-refractivity contribution in [1.29, 1.82) is 0 Å². The van der Waals surface area contributed by atoms with Gasteiger partial charge in [0.15, 0.2) is 0 Å². The zero-order valence-corrected chi connectivity index (χ0v) is 14.0. The van der Waals surface area contributed by atoms with E-state index in [0.29, 0.717) is 12.0 Å². The number of rotatable bonds is 5. The fourth-order valence-electron chi connectivity index (χ4n) is 3.13. The maximum atomic E-state index is 12.1. The number of carbonyl (C=O) groups excluding carboxylic acids is 1. The lowest BCUT2D eigenvalue weighted by Crippen LogP contribution is -2.20. The summed E-state index contributed by atoms with van der Waals surface area (Å²) in [6.45, 7) is 0. The monoisotopic (exact) mass is 335 g/mol. The van der Waals surface area contributed by atoms with Crippen molar-refractivity contribution in [1.82, 2.24) is 9.55 Å². The summed E-state index contributed by atoms with van der Waals surface area (Å²) in [5.74, 6) is 0.0595. The molecular formula is C16H21N3O3S. The first-order chi connectivity index (χ1) is 10.9. The van der Waals surface area contributed by atoms with Crippen molar-refractivity contribution in [2.75, 3.05) is 17.3 Å². The fourth-order valence-corrected chi connectivity index (χ4v) is 3.69. The minimum Gasteiger partial charge on any atom is -0.307 e. The van der Waals surface area contributed by atoms with Crippen LogP contribution in [0.3, 0.4) is 0 Å². The zero-order valence-electron chi connectivity index (χ0n) is 13.2. The SMILES string of the molecule is CS(=O)(=O)CCC(=O)Nc1nc2ccccc2n1C1CCCC1. The largest absolute Gasteiger partial charge is 0.307 e. The number of amides is 1. The first kappa shape index (κ1) is 16.0. The van der Waals surface area contributed by atoms with Gasteiger partial charge in [0.05, 0.1) is 16.8 Å². The van der Waals surface area contributed by atoms with Crippen LogP contribution in [-0.2, 0) is 14.6 Å². The molecule has 0 atom stereocenters. The van der Waals surface area contributed by atoms with E-state index in [4.69, 9.17) is 0 Å². The molecule has 2 aromatic rings. The van der Waals surface area contributed by atoms with E-state index in [2.05, 4.69) is 14.9 Å². The van der Waals surface area contributed by atoms with Crippen LogP contribution in [0.1, 0.15) is 38.1 Å². The minimum absolute atomic E-state index is 0.0489. The molecule has 1 saturated carbocycles. The third-order valence-corrected chi connectivity index (χ3v) is 5.18. The number of sulfone groups is 1. The highest BCUT2D eigenvalue weighted by atomic mass is 32.2. The van der Waals surface area contributed by atoms with Crippen LogP contribution < -0.4 is 5.32 Å². The predicted octanol–water partition coefficient (Wildman–Crippen LogP) is 2.52. The molecule has 1 aromatic carbocycles. The number of hydrogen-bond acceptors (Lipinski definition) is 4. The second kappa shape index (κ2) is 6.31. The van der Waals surface area contributed by atoms with Crippen molar-refractivity contribution in [3.63, 3.8) is 0 Å². The highest BCUT2D eigenvalue weighted by Crippen LogP contribution is 2.35. The molecule has 0 bridgehead atoms. The van der Waals surface area contributed by atoms with Crippen LogP contribution in [0.25, 0.3) is 11.0 Å². The quantitative estimate of drug-likeness (QED) is 0.910. The third-order valence-electron chi connectivity index (χ3n) is 4.24. The van der Waals surface area contributed by atoms with Gasteiger partial charge in [-0.1, -0.05) is 25.0 Å². The van der Waals surface area contributed by atoms with Gasteiger partial charge in [-0.25, -0.2) is 13.4 Å². The summed E-state index contributed by atoms with van der Waals surface area (Å²) in [5, 5.41) is 2.80. The van der Waals surface area contributed by atoms with Crippen LogP contribution >= 0.6 is 0 Å². The molecule has 6 nitrogen and oxygen atoms in total. The Labute approximate surface area is 135 Å². The smallest absolute Gasteiger partial charge is 0.227 e. The maximum absolute atomic E-state index is 12.1. The molecule has 23 heavy (non-hydrogen) atoms. The molecule has 3 rings (SSSR count). The highest BCUT2D eigenvalue weighted by Gasteiger charge is 2.23. The van der Waals surface area contributed by atoms with E-state index in [1.165, 1.54) is 12.8 Å². The zero-order chi connectivity index (χ0) is 16.4. The van der Waals surface area contributed by atoms with E-state index in [1.807, 2.05) is 24.3 Å². The van der Waals surface area contributed by atoms with Crippen LogP contribution in [-0.4, -0.2) is 35.9 Å². The fraction of sp³-hybridized carbons (Fsp3) is 0.500. The molecule has 1 aliphatic carbocycles. The summed E-state index contributed by atoms with van der Waals surface area (Å²) in [4.78, 5) is 16.6. The van der Waals surface area contributed by atoms with Gasteiger partial charge in [0, 0.05) is 18.7 Å². The summed E-state index contributed by atoms with van der Waals surface area (Å²) in [6.07, 6.45) is 5.59. The van der Waals surface area contributed by atoms with Crippen molar-refractivity contribution in [3.8, 4) is 0 Å². The third kappa shape index (κ3) is 3.72. The lowest BCUT2D eigenvalue weighted by molar-refractivity contribution is -0.115. The predicted molar refractivity (Wildman–Crippen MR) is 90.2 cm³/mol. The van der Waals surface area contributed by atoms with E-state index < -0.39 is 9.84 Å². The number of aromatic nitrogens is 2. The standard InChI is InChI=1S/C16H21N3O3S/c1-23(21,22)11-10-15(20)18-16-17-13-8-4-5-9-14(13)19(16)12-6-2-3-7-12/h4-5,8-9,12H,2-3,6-7,10-11H2,1H3,(H,17,18,20). The lowest BCUT2D eigenvalue weighted by atomic mass is 10.2. The van der Waals surface area contributed by atoms with Gasteiger partial charge >= 0.3 is 0 Å². The topological polar surface area (TPSA) is 81.1 Å². The Balaban J connectivity index is 1.87. The minimum atomic E-state index is -3.15. The summed E-state index contributed by atoms with van der Waals surface area (Å²) < 4.78 is 24.5. The Bertz CT molecular complexity index is 820. The molecule has 0 aliphatic heterocycles. The maximum Gasteiger partial charge on any atom is 0.227 e. The molecular weight excluding hydrogens is 314 g/mol. The first-order valence-corrected chi connectivity index (χ1v) is 9.94. The Hall–Kier alpha value is -1.89. The van der Waals surface area contributed by atoms with Crippen molar-refractivity contribution >= 4 is 32.7 Å². The Morgan fingerprint density at radius 1 is 1.30 bits per heavy atom. The molecule has 1 heterocycles. The second-order valence-electron chi connectivity index (χ2n) is 6.16. The van der Waals surface area contributed by atoms with Crippen molar-refractivity contribution in [2.24, 2.45) is 0 Å². The van der Waals surface area contributed by atoms with Crippen LogP contribution in [0.5, 0.6) is 0 Å². The Morgan fingerprint density at radius 2 is 2.00 bits per heavy atom. The molecule has 0 radical (unpaired) electrons. The molecule has 124 valence electrons. The molecule has 1 aliphatic rings. The van der Waals surface area contributed by atoms with Gasteiger partial charge in [-0.05, 0) is 25.0 Å². The van der Waals surface area contributed by atoms with E-state index >= 15 is 0 Å². The van der Waals surface area contributed by atoms with Gasteiger partial charge in [-0.2, -0.15) is 0 Å². The number of carbonyl (C=O) groups is 1. The van der Waals surface area contributed by atoms with Gasteiger partial charge in [-0.15, -0.1) is 0 Å².